The average molecular weight is 456 g/mol. The number of likely N-dealkylation sites (tertiary alicyclic amines) is 1. The molecule has 176 valence electrons. The van der Waals surface area contributed by atoms with E-state index in [1.807, 2.05) is 6.07 Å². The number of rotatable bonds is 9. The van der Waals surface area contributed by atoms with Crippen LogP contribution < -0.4 is 10.6 Å². The summed E-state index contributed by atoms with van der Waals surface area (Å²) in [6.07, 6.45) is 1.81. The Hall–Kier alpha value is -3.26. The van der Waals surface area contributed by atoms with Gasteiger partial charge in [-0.25, -0.2) is 4.39 Å². The zero-order chi connectivity index (χ0) is 23.6. The van der Waals surface area contributed by atoms with E-state index in [0.29, 0.717) is 56.6 Å². The summed E-state index contributed by atoms with van der Waals surface area (Å²) in [5.74, 6) is -1.21. The van der Waals surface area contributed by atoms with Crippen LogP contribution >= 0.6 is 0 Å². The average Bonchev–Trinajstić information content (AvgIpc) is 2.85. The second kappa shape index (κ2) is 12.1. The van der Waals surface area contributed by atoms with Gasteiger partial charge in [-0.2, -0.15) is 0 Å². The summed E-state index contributed by atoms with van der Waals surface area (Å²) in [6.45, 7) is 1.89. The molecule has 7 nitrogen and oxygen atoms in total. The molecule has 1 saturated heterocycles. The molecule has 0 saturated carbocycles. The van der Waals surface area contributed by atoms with Gasteiger partial charge in [-0.1, -0.05) is 18.2 Å². The number of nitrogens with zero attached hydrogens (tertiary/aromatic N) is 1. The van der Waals surface area contributed by atoms with Crippen molar-refractivity contribution in [2.45, 2.75) is 25.3 Å². The van der Waals surface area contributed by atoms with E-state index in [1.54, 1.807) is 36.3 Å². The van der Waals surface area contributed by atoms with Crippen molar-refractivity contribution in [3.63, 3.8) is 0 Å². The van der Waals surface area contributed by atoms with Gasteiger partial charge in [0.25, 0.3) is 11.8 Å². The minimum absolute atomic E-state index is 0.114. The summed E-state index contributed by atoms with van der Waals surface area (Å²) in [5, 5.41) is 5.79. The number of carbonyl (C=O) groups is 3. The summed E-state index contributed by atoms with van der Waals surface area (Å²) in [7, 11) is 1.60. The number of ether oxygens (including phenoxy) is 1. The van der Waals surface area contributed by atoms with Gasteiger partial charge in [-0.3, -0.25) is 14.4 Å². The largest absolute Gasteiger partial charge is 0.385 e. The van der Waals surface area contributed by atoms with Crippen molar-refractivity contribution < 1.29 is 23.5 Å². The molecule has 1 atom stereocenters. The van der Waals surface area contributed by atoms with E-state index >= 15 is 0 Å². The number of nitrogens with one attached hydrogen (secondary N) is 2. The smallest absolute Gasteiger partial charge is 0.253 e. The van der Waals surface area contributed by atoms with E-state index in [9.17, 15) is 18.8 Å². The van der Waals surface area contributed by atoms with Crippen LogP contribution in [0.15, 0.2) is 54.6 Å². The molecule has 1 heterocycles. The predicted octanol–water partition coefficient (Wildman–Crippen LogP) is 2.63. The summed E-state index contributed by atoms with van der Waals surface area (Å²) >= 11 is 0. The van der Waals surface area contributed by atoms with Gasteiger partial charge in [-0.15, -0.1) is 0 Å². The van der Waals surface area contributed by atoms with Gasteiger partial charge < -0.3 is 20.3 Å². The van der Waals surface area contributed by atoms with Crippen molar-refractivity contribution in [2.24, 2.45) is 5.92 Å². The minimum atomic E-state index is -0.705. The van der Waals surface area contributed by atoms with Gasteiger partial charge in [0.2, 0.25) is 5.91 Å². The molecule has 0 bridgehead atoms. The van der Waals surface area contributed by atoms with E-state index in [0.717, 1.165) is 0 Å². The van der Waals surface area contributed by atoms with Crippen LogP contribution in [0.2, 0.25) is 0 Å². The molecule has 1 unspecified atom stereocenters. The van der Waals surface area contributed by atoms with E-state index in [2.05, 4.69) is 10.6 Å². The molecule has 8 heteroatoms. The molecule has 1 fully saturated rings. The zero-order valence-electron chi connectivity index (χ0n) is 18.8. The van der Waals surface area contributed by atoms with E-state index in [1.165, 1.54) is 24.3 Å². The third-order valence-electron chi connectivity index (χ3n) is 5.82. The van der Waals surface area contributed by atoms with Crippen LogP contribution in [0.25, 0.3) is 0 Å². The Bertz CT molecular complexity index is 928. The molecule has 0 aliphatic carbocycles. The normalized spacial score (nSPS) is 15.0. The van der Waals surface area contributed by atoms with Gasteiger partial charge in [0.15, 0.2) is 0 Å². The molecule has 0 spiro atoms. The Balaban J connectivity index is 1.64. The Morgan fingerprint density at radius 3 is 2.33 bits per heavy atom. The van der Waals surface area contributed by atoms with Crippen LogP contribution in [0.3, 0.4) is 0 Å². The maximum absolute atomic E-state index is 13.2. The highest BCUT2D eigenvalue weighted by Crippen LogP contribution is 2.23. The summed E-state index contributed by atoms with van der Waals surface area (Å²) in [6, 6.07) is 13.5. The molecular formula is C25H30FN3O4. The maximum atomic E-state index is 13.2. The topological polar surface area (TPSA) is 87.7 Å². The first-order chi connectivity index (χ1) is 16.0. The van der Waals surface area contributed by atoms with Crippen LogP contribution in [0.1, 0.15) is 40.0 Å². The molecule has 0 aromatic heterocycles. The van der Waals surface area contributed by atoms with Gasteiger partial charge in [0.05, 0.1) is 0 Å². The molecule has 1 aliphatic rings. The molecular weight excluding hydrogens is 425 g/mol. The lowest BCUT2D eigenvalue weighted by atomic mass is 9.88. The molecule has 2 aromatic rings. The van der Waals surface area contributed by atoms with Crippen molar-refractivity contribution >= 4 is 17.7 Å². The third kappa shape index (κ3) is 6.86. The SMILES string of the molecule is COCCCNC(=O)C(NC(=O)c1ccccc1)C1CCN(C(=O)c2ccc(F)cc2)CC1. The molecule has 3 amide bonds. The second-order valence-corrected chi connectivity index (χ2v) is 8.09. The highest BCUT2D eigenvalue weighted by Gasteiger charge is 2.34. The first-order valence-corrected chi connectivity index (χ1v) is 11.2. The summed E-state index contributed by atoms with van der Waals surface area (Å²) < 4.78 is 18.2. The number of amides is 3. The van der Waals surface area contributed by atoms with Crippen LogP contribution in [-0.2, 0) is 9.53 Å². The Morgan fingerprint density at radius 2 is 1.70 bits per heavy atom. The molecule has 0 radical (unpaired) electrons. The monoisotopic (exact) mass is 455 g/mol. The van der Waals surface area contributed by atoms with E-state index < -0.39 is 11.9 Å². The number of piperidine rings is 1. The lowest BCUT2D eigenvalue weighted by molar-refractivity contribution is -0.124. The predicted molar refractivity (Wildman–Crippen MR) is 122 cm³/mol. The van der Waals surface area contributed by atoms with Crippen LogP contribution in [0.4, 0.5) is 4.39 Å². The fourth-order valence-electron chi connectivity index (χ4n) is 3.96. The third-order valence-corrected chi connectivity index (χ3v) is 5.82. The summed E-state index contributed by atoms with van der Waals surface area (Å²) in [4.78, 5) is 40.2. The Morgan fingerprint density at radius 1 is 1.03 bits per heavy atom. The maximum Gasteiger partial charge on any atom is 0.253 e. The second-order valence-electron chi connectivity index (χ2n) is 8.09. The number of hydrogen-bond donors (Lipinski definition) is 2. The minimum Gasteiger partial charge on any atom is -0.385 e. The number of methoxy groups -OCH3 is 1. The fourth-order valence-corrected chi connectivity index (χ4v) is 3.96. The summed E-state index contributed by atoms with van der Waals surface area (Å²) in [5.41, 5.74) is 0.915. The Labute approximate surface area is 193 Å². The van der Waals surface area contributed by atoms with Crippen molar-refractivity contribution in [1.82, 2.24) is 15.5 Å². The Kier molecular flexibility index (Phi) is 8.95. The van der Waals surface area contributed by atoms with Crippen LogP contribution in [-0.4, -0.2) is 62.0 Å². The van der Waals surface area contributed by atoms with Crippen LogP contribution in [0.5, 0.6) is 0 Å². The highest BCUT2D eigenvalue weighted by molar-refractivity contribution is 5.97. The fraction of sp³-hybridized carbons (Fsp3) is 0.400. The van der Waals surface area contributed by atoms with E-state index in [4.69, 9.17) is 4.74 Å². The molecule has 33 heavy (non-hydrogen) atoms. The lowest BCUT2D eigenvalue weighted by Crippen LogP contribution is -2.54. The number of hydrogen-bond acceptors (Lipinski definition) is 4. The first kappa shape index (κ1) is 24.4. The first-order valence-electron chi connectivity index (χ1n) is 11.2. The van der Waals surface area contributed by atoms with Gasteiger partial charge in [-0.05, 0) is 61.6 Å². The molecule has 2 N–H and O–H groups in total. The van der Waals surface area contributed by atoms with Gasteiger partial charge >= 0.3 is 0 Å². The molecule has 2 aromatic carbocycles. The lowest BCUT2D eigenvalue weighted by Gasteiger charge is -2.36. The van der Waals surface area contributed by atoms with Crippen molar-refractivity contribution in [2.75, 3.05) is 33.4 Å². The highest BCUT2D eigenvalue weighted by atomic mass is 19.1. The zero-order valence-corrected chi connectivity index (χ0v) is 18.8. The standard InChI is InChI=1S/C25H30FN3O4/c1-33-17-5-14-27-24(31)22(28-23(30)19-6-3-2-4-7-19)18-12-15-29(16-13-18)25(32)20-8-10-21(26)11-9-20/h2-4,6-11,18,22H,5,12-17H2,1H3,(H,27,31)(H,28,30). The molecule has 3 rings (SSSR count). The van der Waals surface area contributed by atoms with E-state index in [-0.39, 0.29) is 23.6 Å². The van der Waals surface area contributed by atoms with Gasteiger partial charge in [0, 0.05) is 44.5 Å². The van der Waals surface area contributed by atoms with Crippen molar-refractivity contribution in [3.8, 4) is 0 Å². The number of halogens is 1. The number of carbonyl (C=O) groups excluding carboxylic acids is 3. The van der Waals surface area contributed by atoms with Crippen LogP contribution in [0, 0.1) is 11.7 Å². The van der Waals surface area contributed by atoms with Gasteiger partial charge in [0.1, 0.15) is 11.9 Å². The van der Waals surface area contributed by atoms with Crippen molar-refractivity contribution in [3.05, 3.63) is 71.5 Å². The number of benzene rings is 2. The molecule has 1 aliphatic heterocycles. The van der Waals surface area contributed by atoms with Crippen molar-refractivity contribution in [1.29, 1.82) is 0 Å². The quantitative estimate of drug-likeness (QED) is 0.569.